The lowest BCUT2D eigenvalue weighted by Crippen LogP contribution is -2.38. The number of hydrogen-bond acceptors (Lipinski definition) is 2. The number of benzene rings is 1. The van der Waals surface area contributed by atoms with Crippen molar-refractivity contribution in [1.29, 1.82) is 0 Å². The van der Waals surface area contributed by atoms with Crippen LogP contribution in [0.25, 0.3) is 0 Å². The predicted molar refractivity (Wildman–Crippen MR) is 75.2 cm³/mol. The Morgan fingerprint density at radius 3 is 2.57 bits per heavy atom. The zero-order valence-corrected chi connectivity index (χ0v) is 11.8. The van der Waals surface area contributed by atoms with Gasteiger partial charge in [0.15, 0.2) is 0 Å². The third-order valence-electron chi connectivity index (χ3n) is 4.96. The van der Waals surface area contributed by atoms with E-state index in [9.17, 15) is 19.1 Å². The van der Waals surface area contributed by atoms with Gasteiger partial charge in [0.1, 0.15) is 5.82 Å². The summed E-state index contributed by atoms with van der Waals surface area (Å²) in [6, 6.07) is 4.21. The van der Waals surface area contributed by atoms with E-state index in [1.807, 2.05) is 0 Å². The lowest BCUT2D eigenvalue weighted by atomic mass is 9.78. The van der Waals surface area contributed by atoms with Crippen LogP contribution in [0.15, 0.2) is 18.2 Å². The molecule has 3 rings (SSSR count). The number of amides is 1. The molecule has 0 radical (unpaired) electrons. The average molecular weight is 291 g/mol. The summed E-state index contributed by atoms with van der Waals surface area (Å²) in [5.74, 6) is -2.44. The maximum atomic E-state index is 13.3. The summed E-state index contributed by atoms with van der Waals surface area (Å²) in [7, 11) is 0. The minimum atomic E-state index is -0.890. The van der Waals surface area contributed by atoms with E-state index < -0.39 is 23.6 Å². The van der Waals surface area contributed by atoms with E-state index in [1.165, 1.54) is 12.1 Å². The highest BCUT2D eigenvalue weighted by Crippen LogP contribution is 2.52. The van der Waals surface area contributed by atoms with Gasteiger partial charge in [-0.3, -0.25) is 9.59 Å². The number of carboxylic acid groups (broad SMARTS) is 1. The molecule has 2 fully saturated rings. The van der Waals surface area contributed by atoms with Gasteiger partial charge < -0.3 is 10.4 Å². The normalized spacial score (nSPS) is 30.4. The van der Waals surface area contributed by atoms with Crippen molar-refractivity contribution in [3.63, 3.8) is 0 Å². The highest BCUT2D eigenvalue weighted by molar-refractivity contribution is 5.96. The smallest absolute Gasteiger partial charge is 0.307 e. The lowest BCUT2D eigenvalue weighted by molar-refractivity contribution is -0.148. The monoisotopic (exact) mass is 291 g/mol. The van der Waals surface area contributed by atoms with E-state index in [0.29, 0.717) is 5.69 Å². The van der Waals surface area contributed by atoms with Crippen molar-refractivity contribution in [2.45, 2.75) is 26.2 Å². The number of anilines is 1. The Labute approximate surface area is 122 Å². The number of aryl methyl sites for hydroxylation is 1. The first-order chi connectivity index (χ1) is 9.97. The fourth-order valence-electron chi connectivity index (χ4n) is 3.97. The molecule has 2 aliphatic carbocycles. The quantitative estimate of drug-likeness (QED) is 0.900. The molecular formula is C16H18FNO3. The zero-order valence-electron chi connectivity index (χ0n) is 11.8. The fourth-order valence-corrected chi connectivity index (χ4v) is 3.97. The average Bonchev–Trinajstić information content (AvgIpc) is 3.03. The summed E-state index contributed by atoms with van der Waals surface area (Å²) < 4.78 is 13.3. The molecule has 2 aliphatic rings. The highest BCUT2D eigenvalue weighted by atomic mass is 19.1. The second-order valence-electron chi connectivity index (χ2n) is 6.17. The number of nitrogens with one attached hydrogen (secondary N) is 1. The number of carboxylic acids is 1. The molecule has 0 unspecified atom stereocenters. The van der Waals surface area contributed by atoms with Gasteiger partial charge in [-0.15, -0.1) is 0 Å². The summed E-state index contributed by atoms with van der Waals surface area (Å²) >= 11 is 0. The van der Waals surface area contributed by atoms with Crippen LogP contribution in [-0.4, -0.2) is 17.0 Å². The molecule has 4 atom stereocenters. The molecule has 2 bridgehead atoms. The van der Waals surface area contributed by atoms with Crippen molar-refractivity contribution >= 4 is 17.6 Å². The van der Waals surface area contributed by atoms with Crippen LogP contribution in [0.1, 0.15) is 24.8 Å². The number of carbonyl (C=O) groups is 2. The second-order valence-corrected chi connectivity index (χ2v) is 6.17. The molecule has 112 valence electrons. The number of carbonyl (C=O) groups excluding carboxylic acids is 1. The van der Waals surface area contributed by atoms with E-state index in [2.05, 4.69) is 5.32 Å². The standard InChI is InChI=1S/C16H18FNO3/c1-8-2-5-11(17)7-12(8)18-15(19)13-9-3-4-10(6-9)14(13)16(20)21/h2,5,7,9-10,13-14H,3-4,6H2,1H3,(H,18,19)(H,20,21)/t9-,10-,13+,14-/m0/s1. The molecule has 5 heteroatoms. The minimum Gasteiger partial charge on any atom is -0.481 e. The summed E-state index contributed by atoms with van der Waals surface area (Å²) in [5, 5.41) is 12.1. The minimum absolute atomic E-state index is 0.108. The summed E-state index contributed by atoms with van der Waals surface area (Å²) in [6.45, 7) is 1.78. The first kappa shape index (κ1) is 14.0. The molecule has 1 amide bonds. The Balaban J connectivity index is 1.81. The van der Waals surface area contributed by atoms with Gasteiger partial charge in [-0.1, -0.05) is 6.07 Å². The number of rotatable bonds is 3. The topological polar surface area (TPSA) is 66.4 Å². The molecule has 0 aliphatic heterocycles. The van der Waals surface area contributed by atoms with Gasteiger partial charge in [0.05, 0.1) is 11.8 Å². The first-order valence-electron chi connectivity index (χ1n) is 7.27. The van der Waals surface area contributed by atoms with E-state index in [4.69, 9.17) is 0 Å². The number of halogens is 1. The molecule has 0 saturated heterocycles. The van der Waals surface area contributed by atoms with Crippen molar-refractivity contribution in [3.05, 3.63) is 29.6 Å². The van der Waals surface area contributed by atoms with Gasteiger partial charge >= 0.3 is 5.97 Å². The van der Waals surface area contributed by atoms with Gasteiger partial charge in [-0.25, -0.2) is 4.39 Å². The van der Waals surface area contributed by atoms with Gasteiger partial charge in [-0.05, 0) is 55.7 Å². The van der Waals surface area contributed by atoms with E-state index in [1.54, 1.807) is 13.0 Å². The van der Waals surface area contributed by atoms with Gasteiger partial charge in [0.2, 0.25) is 5.91 Å². The van der Waals surface area contributed by atoms with Crippen molar-refractivity contribution < 1.29 is 19.1 Å². The van der Waals surface area contributed by atoms with Crippen LogP contribution in [-0.2, 0) is 9.59 Å². The third-order valence-corrected chi connectivity index (χ3v) is 4.96. The largest absolute Gasteiger partial charge is 0.481 e. The van der Waals surface area contributed by atoms with Crippen molar-refractivity contribution in [2.24, 2.45) is 23.7 Å². The second kappa shape index (κ2) is 5.13. The maximum absolute atomic E-state index is 13.3. The SMILES string of the molecule is Cc1ccc(F)cc1NC(=O)[C@@H]1[C@H]2CC[C@@H](C2)[C@@H]1C(=O)O. The van der Waals surface area contributed by atoms with Crippen LogP contribution in [0.3, 0.4) is 0 Å². The van der Waals surface area contributed by atoms with Gasteiger partial charge in [0, 0.05) is 5.69 Å². The van der Waals surface area contributed by atoms with E-state index in [0.717, 1.165) is 24.8 Å². The number of hydrogen-bond donors (Lipinski definition) is 2. The van der Waals surface area contributed by atoms with Gasteiger partial charge in [0.25, 0.3) is 0 Å². The predicted octanol–water partition coefficient (Wildman–Crippen LogP) is 2.82. The Kier molecular flexibility index (Phi) is 3.43. The summed E-state index contributed by atoms with van der Waals surface area (Å²) in [4.78, 5) is 23.9. The van der Waals surface area contributed by atoms with Crippen molar-refractivity contribution in [1.82, 2.24) is 0 Å². The Morgan fingerprint density at radius 1 is 1.24 bits per heavy atom. The molecule has 4 nitrogen and oxygen atoms in total. The summed E-state index contributed by atoms with van der Waals surface area (Å²) in [5.41, 5.74) is 1.19. The number of aliphatic carboxylic acids is 1. The molecule has 2 saturated carbocycles. The molecule has 0 aromatic heterocycles. The molecule has 1 aromatic carbocycles. The molecule has 0 heterocycles. The van der Waals surface area contributed by atoms with E-state index in [-0.39, 0.29) is 17.7 Å². The molecule has 2 N–H and O–H groups in total. The third kappa shape index (κ3) is 2.41. The lowest BCUT2D eigenvalue weighted by Gasteiger charge is -2.27. The fraction of sp³-hybridized carbons (Fsp3) is 0.500. The van der Waals surface area contributed by atoms with Crippen LogP contribution in [0.4, 0.5) is 10.1 Å². The Bertz CT molecular complexity index is 601. The van der Waals surface area contributed by atoms with Crippen LogP contribution < -0.4 is 5.32 Å². The Morgan fingerprint density at radius 2 is 1.90 bits per heavy atom. The van der Waals surface area contributed by atoms with Crippen LogP contribution in [0.2, 0.25) is 0 Å². The van der Waals surface area contributed by atoms with Crippen LogP contribution >= 0.6 is 0 Å². The highest BCUT2D eigenvalue weighted by Gasteiger charge is 2.53. The maximum Gasteiger partial charge on any atom is 0.307 e. The molecule has 21 heavy (non-hydrogen) atoms. The first-order valence-corrected chi connectivity index (χ1v) is 7.27. The van der Waals surface area contributed by atoms with Gasteiger partial charge in [-0.2, -0.15) is 0 Å². The summed E-state index contributed by atoms with van der Waals surface area (Å²) in [6.07, 6.45) is 2.62. The van der Waals surface area contributed by atoms with Crippen molar-refractivity contribution in [3.8, 4) is 0 Å². The van der Waals surface area contributed by atoms with Crippen LogP contribution in [0.5, 0.6) is 0 Å². The van der Waals surface area contributed by atoms with E-state index >= 15 is 0 Å². The van der Waals surface area contributed by atoms with Crippen molar-refractivity contribution in [2.75, 3.05) is 5.32 Å². The molecule has 0 spiro atoms. The number of fused-ring (bicyclic) bond motifs is 2. The Hall–Kier alpha value is -1.91. The molecule has 1 aromatic rings. The molecular weight excluding hydrogens is 273 g/mol. The zero-order chi connectivity index (χ0) is 15.1. The van der Waals surface area contributed by atoms with Crippen LogP contribution in [0, 0.1) is 36.4 Å².